The molecule has 0 aromatic heterocycles. The van der Waals surface area contributed by atoms with Crippen molar-refractivity contribution in [3.63, 3.8) is 0 Å². The molecule has 1 amide bonds. The number of nitrogens with one attached hydrogen (secondary N) is 1. The van der Waals surface area contributed by atoms with Crippen LogP contribution in [0.5, 0.6) is 11.5 Å². The number of carbonyl (C=O) groups excluding carboxylic acids is 1. The Balaban J connectivity index is 1.60. The number of benzene rings is 2. The van der Waals surface area contributed by atoms with Crippen molar-refractivity contribution in [2.45, 2.75) is 43.6 Å². The Morgan fingerprint density at radius 3 is 2.07 bits per heavy atom. The molecule has 8 heteroatoms. The monoisotopic (exact) mass is 432 g/mol. The molecule has 1 atom stereocenters. The van der Waals surface area contributed by atoms with E-state index < -0.39 is 16.1 Å². The number of sulfonamides is 1. The normalized spacial score (nSPS) is 16.3. The van der Waals surface area contributed by atoms with E-state index in [0.717, 1.165) is 25.7 Å². The number of anilines is 1. The van der Waals surface area contributed by atoms with Gasteiger partial charge in [0.15, 0.2) is 6.10 Å². The second-order valence-electron chi connectivity index (χ2n) is 7.27. The maximum Gasteiger partial charge on any atom is 0.265 e. The van der Waals surface area contributed by atoms with Crippen LogP contribution < -0.4 is 14.8 Å². The van der Waals surface area contributed by atoms with Gasteiger partial charge in [0.25, 0.3) is 5.91 Å². The number of ether oxygens (including phenoxy) is 2. The number of methoxy groups -OCH3 is 1. The van der Waals surface area contributed by atoms with E-state index in [1.807, 2.05) is 0 Å². The fourth-order valence-corrected chi connectivity index (χ4v) is 4.81. The van der Waals surface area contributed by atoms with E-state index in [2.05, 4.69) is 5.32 Å². The van der Waals surface area contributed by atoms with Crippen molar-refractivity contribution < 1.29 is 22.7 Å². The van der Waals surface area contributed by atoms with Gasteiger partial charge in [-0.05, 0) is 68.3 Å². The summed E-state index contributed by atoms with van der Waals surface area (Å²) >= 11 is 0. The minimum absolute atomic E-state index is 0.241. The van der Waals surface area contributed by atoms with Gasteiger partial charge in [-0.3, -0.25) is 4.79 Å². The van der Waals surface area contributed by atoms with Crippen LogP contribution >= 0.6 is 0 Å². The van der Waals surface area contributed by atoms with Crippen LogP contribution in [0.3, 0.4) is 0 Å². The molecule has 7 nitrogen and oxygen atoms in total. The number of hydrogen-bond acceptors (Lipinski definition) is 5. The van der Waals surface area contributed by atoms with Gasteiger partial charge in [-0.15, -0.1) is 0 Å². The fraction of sp³-hybridized carbons (Fsp3) is 0.409. The van der Waals surface area contributed by atoms with Gasteiger partial charge in [0.05, 0.1) is 12.0 Å². The number of carbonyl (C=O) groups is 1. The molecule has 3 rings (SSSR count). The predicted molar refractivity (Wildman–Crippen MR) is 115 cm³/mol. The Morgan fingerprint density at radius 2 is 1.50 bits per heavy atom. The first-order valence-corrected chi connectivity index (χ1v) is 11.6. The Hall–Kier alpha value is -2.58. The highest BCUT2D eigenvalue weighted by molar-refractivity contribution is 7.89. The standard InChI is InChI=1S/C22H28N2O5S/c1-17(29-20-11-9-19(28-2)10-12-20)22(25)23-18-7-13-21(14-8-18)30(26,27)24-15-5-3-4-6-16-24/h7-14,17H,3-6,15-16H2,1-2H3,(H,23,25). The van der Waals surface area contributed by atoms with Crippen LogP contribution in [0, 0.1) is 0 Å². The second-order valence-corrected chi connectivity index (χ2v) is 9.21. The molecular formula is C22H28N2O5S. The zero-order chi connectivity index (χ0) is 21.6. The van der Waals surface area contributed by atoms with Crippen molar-refractivity contribution in [2.24, 2.45) is 0 Å². The van der Waals surface area contributed by atoms with Crippen molar-refractivity contribution in [1.29, 1.82) is 0 Å². The van der Waals surface area contributed by atoms with Crippen molar-refractivity contribution in [3.8, 4) is 11.5 Å². The molecule has 0 saturated carbocycles. The molecule has 1 saturated heterocycles. The maximum atomic E-state index is 12.8. The quantitative estimate of drug-likeness (QED) is 0.722. The highest BCUT2D eigenvalue weighted by Gasteiger charge is 2.25. The van der Waals surface area contributed by atoms with Gasteiger partial charge in [0, 0.05) is 18.8 Å². The third-order valence-electron chi connectivity index (χ3n) is 5.07. The molecule has 2 aromatic carbocycles. The summed E-state index contributed by atoms with van der Waals surface area (Å²) in [4.78, 5) is 12.7. The first-order chi connectivity index (χ1) is 14.4. The lowest BCUT2D eigenvalue weighted by Crippen LogP contribution is -2.32. The zero-order valence-corrected chi connectivity index (χ0v) is 18.2. The highest BCUT2D eigenvalue weighted by atomic mass is 32.2. The third kappa shape index (κ3) is 5.52. The average Bonchev–Trinajstić information content (AvgIpc) is 3.05. The Labute approximate surface area is 178 Å². The lowest BCUT2D eigenvalue weighted by Gasteiger charge is -2.20. The minimum Gasteiger partial charge on any atom is -0.497 e. The molecule has 1 aliphatic heterocycles. The second kappa shape index (κ2) is 9.95. The molecular weight excluding hydrogens is 404 g/mol. The van der Waals surface area contributed by atoms with E-state index in [4.69, 9.17) is 9.47 Å². The van der Waals surface area contributed by atoms with Gasteiger partial charge < -0.3 is 14.8 Å². The molecule has 0 spiro atoms. The number of hydrogen-bond donors (Lipinski definition) is 1. The topological polar surface area (TPSA) is 84.9 Å². The van der Waals surface area contributed by atoms with Crippen LogP contribution in [0.15, 0.2) is 53.4 Å². The molecule has 1 N–H and O–H groups in total. The summed E-state index contributed by atoms with van der Waals surface area (Å²) in [5.74, 6) is 0.931. The van der Waals surface area contributed by atoms with Crippen LogP contribution in [0.2, 0.25) is 0 Å². The van der Waals surface area contributed by atoms with Gasteiger partial charge in [-0.2, -0.15) is 4.31 Å². The van der Waals surface area contributed by atoms with Gasteiger partial charge in [-0.25, -0.2) is 8.42 Å². The number of amides is 1. The predicted octanol–water partition coefficient (Wildman–Crippen LogP) is 3.67. The van der Waals surface area contributed by atoms with Crippen molar-refractivity contribution in [2.75, 3.05) is 25.5 Å². The molecule has 1 aliphatic rings. The SMILES string of the molecule is COc1ccc(OC(C)C(=O)Nc2ccc(S(=O)(=O)N3CCCCCC3)cc2)cc1. The van der Waals surface area contributed by atoms with Crippen molar-refractivity contribution >= 4 is 21.6 Å². The Bertz CT molecular complexity index is 934. The first kappa shape index (κ1) is 22.1. The Morgan fingerprint density at radius 1 is 0.933 bits per heavy atom. The largest absolute Gasteiger partial charge is 0.497 e. The van der Waals surface area contributed by atoms with E-state index in [-0.39, 0.29) is 10.8 Å². The fourth-order valence-electron chi connectivity index (χ4n) is 3.30. The molecule has 2 aromatic rings. The van der Waals surface area contributed by atoms with Crippen LogP contribution in [-0.2, 0) is 14.8 Å². The van der Waals surface area contributed by atoms with E-state index >= 15 is 0 Å². The molecule has 0 bridgehead atoms. The summed E-state index contributed by atoms with van der Waals surface area (Å²) in [6.45, 7) is 2.76. The first-order valence-electron chi connectivity index (χ1n) is 10.1. The summed E-state index contributed by atoms with van der Waals surface area (Å²) in [5, 5.41) is 2.76. The molecule has 1 heterocycles. The van der Waals surface area contributed by atoms with Crippen LogP contribution in [-0.4, -0.2) is 44.9 Å². The van der Waals surface area contributed by atoms with Gasteiger partial charge >= 0.3 is 0 Å². The molecule has 1 fully saturated rings. The third-order valence-corrected chi connectivity index (χ3v) is 6.98. The summed E-state index contributed by atoms with van der Waals surface area (Å²) in [6, 6.07) is 13.2. The average molecular weight is 433 g/mol. The Kier molecular flexibility index (Phi) is 7.33. The highest BCUT2D eigenvalue weighted by Crippen LogP contribution is 2.22. The maximum absolute atomic E-state index is 12.8. The van der Waals surface area contributed by atoms with Crippen molar-refractivity contribution in [3.05, 3.63) is 48.5 Å². The summed E-state index contributed by atoms with van der Waals surface area (Å²) < 4.78 is 38.0. The van der Waals surface area contributed by atoms with E-state index in [0.29, 0.717) is 30.3 Å². The molecule has 1 unspecified atom stereocenters. The molecule has 0 aliphatic carbocycles. The molecule has 30 heavy (non-hydrogen) atoms. The summed E-state index contributed by atoms with van der Waals surface area (Å²) in [5.41, 5.74) is 0.514. The van der Waals surface area contributed by atoms with Crippen LogP contribution in [0.25, 0.3) is 0 Å². The number of nitrogens with zero attached hydrogens (tertiary/aromatic N) is 1. The molecule has 162 valence electrons. The lowest BCUT2D eigenvalue weighted by molar-refractivity contribution is -0.122. The summed E-state index contributed by atoms with van der Waals surface area (Å²) in [7, 11) is -1.93. The summed E-state index contributed by atoms with van der Waals surface area (Å²) in [6.07, 6.45) is 3.18. The van der Waals surface area contributed by atoms with Crippen LogP contribution in [0.1, 0.15) is 32.6 Å². The van der Waals surface area contributed by atoms with E-state index in [1.54, 1.807) is 54.7 Å². The van der Waals surface area contributed by atoms with E-state index in [1.165, 1.54) is 12.1 Å². The molecule has 0 radical (unpaired) electrons. The zero-order valence-electron chi connectivity index (χ0n) is 17.3. The minimum atomic E-state index is -3.51. The van der Waals surface area contributed by atoms with Crippen LogP contribution in [0.4, 0.5) is 5.69 Å². The van der Waals surface area contributed by atoms with E-state index in [9.17, 15) is 13.2 Å². The van der Waals surface area contributed by atoms with Gasteiger partial charge in [-0.1, -0.05) is 12.8 Å². The van der Waals surface area contributed by atoms with Crippen molar-refractivity contribution in [1.82, 2.24) is 4.31 Å². The van der Waals surface area contributed by atoms with Gasteiger partial charge in [0.2, 0.25) is 10.0 Å². The number of rotatable bonds is 7. The lowest BCUT2D eigenvalue weighted by atomic mass is 10.2. The van der Waals surface area contributed by atoms with Gasteiger partial charge in [0.1, 0.15) is 11.5 Å². The smallest absolute Gasteiger partial charge is 0.265 e.